The van der Waals surface area contributed by atoms with E-state index in [1.54, 1.807) is 0 Å². The van der Waals surface area contributed by atoms with Gasteiger partial charge in [-0.2, -0.15) is 0 Å². The summed E-state index contributed by atoms with van der Waals surface area (Å²) in [7, 11) is 0. The van der Waals surface area contributed by atoms with Crippen molar-refractivity contribution in [3.8, 4) is 0 Å². The summed E-state index contributed by atoms with van der Waals surface area (Å²) in [5.41, 5.74) is 5.76. The minimum Gasteiger partial charge on any atom is -0.367 e. The van der Waals surface area contributed by atoms with Gasteiger partial charge in [0.15, 0.2) is 0 Å². The van der Waals surface area contributed by atoms with Crippen LogP contribution in [0.15, 0.2) is 54.6 Å². The van der Waals surface area contributed by atoms with E-state index < -0.39 is 0 Å². The van der Waals surface area contributed by atoms with Crippen LogP contribution in [0.1, 0.15) is 33.8 Å². The number of rotatable bonds is 7. The van der Waals surface area contributed by atoms with Gasteiger partial charge in [-0.1, -0.05) is 60.2 Å². The van der Waals surface area contributed by atoms with Crippen LogP contribution in [-0.4, -0.2) is 53.6 Å². The van der Waals surface area contributed by atoms with Crippen molar-refractivity contribution in [2.24, 2.45) is 0 Å². The maximum Gasteiger partial charge on any atom is 0.248 e. The van der Waals surface area contributed by atoms with E-state index in [0.29, 0.717) is 19.7 Å². The molecule has 0 aliphatic carbocycles. The van der Waals surface area contributed by atoms with Crippen LogP contribution >= 0.6 is 0 Å². The fourth-order valence-corrected chi connectivity index (χ4v) is 4.19. The van der Waals surface area contributed by atoms with Gasteiger partial charge in [-0.25, -0.2) is 9.97 Å². The van der Waals surface area contributed by atoms with Gasteiger partial charge in [0.1, 0.15) is 18.2 Å². The van der Waals surface area contributed by atoms with Crippen molar-refractivity contribution in [2.75, 3.05) is 37.7 Å². The second-order valence-electron chi connectivity index (χ2n) is 8.67. The van der Waals surface area contributed by atoms with E-state index in [2.05, 4.69) is 48.0 Å². The number of hydrogen-bond acceptors (Lipinski definition) is 5. The van der Waals surface area contributed by atoms with Crippen LogP contribution in [0, 0.1) is 20.8 Å². The first-order valence-corrected chi connectivity index (χ1v) is 11.5. The summed E-state index contributed by atoms with van der Waals surface area (Å²) in [6.07, 6.45) is 0.800. The zero-order valence-corrected chi connectivity index (χ0v) is 19.8. The maximum atomic E-state index is 12.6. The summed E-state index contributed by atoms with van der Waals surface area (Å²) in [5, 5.41) is 0. The average Bonchev–Trinajstić information content (AvgIpc) is 2.82. The van der Waals surface area contributed by atoms with Gasteiger partial charge < -0.3 is 14.5 Å². The van der Waals surface area contributed by atoms with Gasteiger partial charge in [0, 0.05) is 43.9 Å². The third-order valence-electron chi connectivity index (χ3n) is 6.07. The van der Waals surface area contributed by atoms with Crippen LogP contribution in [0.3, 0.4) is 0 Å². The lowest BCUT2D eigenvalue weighted by Crippen LogP contribution is -2.50. The Bertz CT molecular complexity index is 1080. The Morgan fingerprint density at radius 2 is 1.58 bits per heavy atom. The monoisotopic (exact) mass is 444 g/mol. The fraction of sp³-hybridized carbons (Fsp3) is 0.370. The number of carbonyl (C=O) groups excluding carboxylic acids is 1. The first kappa shape index (κ1) is 22.9. The molecule has 1 amide bonds. The van der Waals surface area contributed by atoms with Gasteiger partial charge in [-0.15, -0.1) is 0 Å². The molecule has 172 valence electrons. The molecule has 33 heavy (non-hydrogen) atoms. The van der Waals surface area contributed by atoms with E-state index in [1.165, 1.54) is 11.1 Å². The van der Waals surface area contributed by atoms with E-state index in [0.717, 1.165) is 48.0 Å². The summed E-state index contributed by atoms with van der Waals surface area (Å²) in [5.74, 6) is 1.82. The molecular formula is C27H32N4O2. The molecular weight excluding hydrogens is 412 g/mol. The third kappa shape index (κ3) is 5.96. The molecule has 3 aromatic rings. The lowest BCUT2D eigenvalue weighted by atomic mass is 10.0. The first-order valence-electron chi connectivity index (χ1n) is 11.5. The van der Waals surface area contributed by atoms with E-state index >= 15 is 0 Å². The Hall–Kier alpha value is -3.25. The SMILES string of the molecule is Cc1ccc(Cc2c(C)nc(C)nc2N2CCN(C(=O)COCc3ccccc3)CC2)cc1. The number of aromatic nitrogens is 2. The summed E-state index contributed by atoms with van der Waals surface area (Å²) in [6.45, 7) is 9.50. The number of nitrogens with zero attached hydrogens (tertiary/aromatic N) is 4. The van der Waals surface area contributed by atoms with Crippen LogP contribution in [0.4, 0.5) is 5.82 Å². The van der Waals surface area contributed by atoms with E-state index in [4.69, 9.17) is 9.72 Å². The number of amides is 1. The Morgan fingerprint density at radius 3 is 2.27 bits per heavy atom. The highest BCUT2D eigenvalue weighted by Gasteiger charge is 2.24. The van der Waals surface area contributed by atoms with E-state index in [9.17, 15) is 4.79 Å². The predicted molar refractivity (Wildman–Crippen MR) is 130 cm³/mol. The Balaban J connectivity index is 1.37. The second kappa shape index (κ2) is 10.6. The molecule has 1 saturated heterocycles. The highest BCUT2D eigenvalue weighted by Crippen LogP contribution is 2.25. The zero-order valence-electron chi connectivity index (χ0n) is 19.8. The molecule has 1 fully saturated rings. The Labute approximate surface area is 196 Å². The van der Waals surface area contributed by atoms with E-state index in [-0.39, 0.29) is 12.5 Å². The van der Waals surface area contributed by atoms with Gasteiger partial charge in [-0.3, -0.25) is 4.79 Å². The Kier molecular flexibility index (Phi) is 7.35. The van der Waals surface area contributed by atoms with Crippen molar-refractivity contribution in [3.05, 3.63) is 88.4 Å². The topological polar surface area (TPSA) is 58.6 Å². The summed E-state index contributed by atoms with van der Waals surface area (Å²) in [4.78, 5) is 26.3. The van der Waals surface area contributed by atoms with Crippen molar-refractivity contribution in [2.45, 2.75) is 33.8 Å². The number of ether oxygens (including phenoxy) is 1. The van der Waals surface area contributed by atoms with Crippen molar-refractivity contribution in [1.82, 2.24) is 14.9 Å². The number of anilines is 1. The fourth-order valence-electron chi connectivity index (χ4n) is 4.19. The molecule has 0 atom stereocenters. The smallest absolute Gasteiger partial charge is 0.248 e. The lowest BCUT2D eigenvalue weighted by molar-refractivity contribution is -0.136. The highest BCUT2D eigenvalue weighted by atomic mass is 16.5. The average molecular weight is 445 g/mol. The largest absolute Gasteiger partial charge is 0.367 e. The van der Waals surface area contributed by atoms with Crippen LogP contribution in [0.25, 0.3) is 0 Å². The molecule has 0 unspecified atom stereocenters. The van der Waals surface area contributed by atoms with Gasteiger partial charge in [0.25, 0.3) is 0 Å². The molecule has 1 aromatic heterocycles. The molecule has 2 aromatic carbocycles. The number of hydrogen-bond donors (Lipinski definition) is 0. The third-order valence-corrected chi connectivity index (χ3v) is 6.07. The molecule has 6 nitrogen and oxygen atoms in total. The minimum atomic E-state index is 0.0421. The van der Waals surface area contributed by atoms with Gasteiger partial charge in [0.2, 0.25) is 5.91 Å². The van der Waals surface area contributed by atoms with Crippen molar-refractivity contribution < 1.29 is 9.53 Å². The van der Waals surface area contributed by atoms with Gasteiger partial charge in [0.05, 0.1) is 6.61 Å². The van der Waals surface area contributed by atoms with Crippen molar-refractivity contribution in [1.29, 1.82) is 0 Å². The molecule has 0 spiro atoms. The number of piperazine rings is 1. The molecule has 0 saturated carbocycles. The summed E-state index contributed by atoms with van der Waals surface area (Å²) < 4.78 is 5.65. The van der Waals surface area contributed by atoms with Gasteiger partial charge >= 0.3 is 0 Å². The zero-order chi connectivity index (χ0) is 23.2. The number of benzene rings is 2. The molecule has 1 aliphatic heterocycles. The second-order valence-corrected chi connectivity index (χ2v) is 8.67. The van der Waals surface area contributed by atoms with E-state index in [1.807, 2.05) is 42.2 Å². The van der Waals surface area contributed by atoms with Crippen LogP contribution < -0.4 is 4.90 Å². The molecule has 1 aliphatic rings. The molecule has 0 bridgehead atoms. The number of carbonyl (C=O) groups is 1. The maximum absolute atomic E-state index is 12.6. The molecule has 0 N–H and O–H groups in total. The van der Waals surface area contributed by atoms with Crippen LogP contribution in [0.2, 0.25) is 0 Å². The molecule has 2 heterocycles. The standard InChI is InChI=1S/C27H32N4O2/c1-20-9-11-23(12-10-20)17-25-21(2)28-22(3)29-27(25)31-15-13-30(14-16-31)26(32)19-33-18-24-7-5-4-6-8-24/h4-12H,13-19H2,1-3H3. The van der Waals surface area contributed by atoms with Crippen molar-refractivity contribution >= 4 is 11.7 Å². The summed E-state index contributed by atoms with van der Waals surface area (Å²) >= 11 is 0. The van der Waals surface area contributed by atoms with Crippen LogP contribution in [0.5, 0.6) is 0 Å². The number of aryl methyl sites for hydroxylation is 3. The minimum absolute atomic E-state index is 0.0421. The highest BCUT2D eigenvalue weighted by molar-refractivity contribution is 5.77. The lowest BCUT2D eigenvalue weighted by Gasteiger charge is -2.36. The normalized spacial score (nSPS) is 13.9. The molecule has 0 radical (unpaired) electrons. The quantitative estimate of drug-likeness (QED) is 0.554. The predicted octanol–water partition coefficient (Wildman–Crippen LogP) is 3.86. The Morgan fingerprint density at radius 1 is 0.879 bits per heavy atom. The van der Waals surface area contributed by atoms with Crippen LogP contribution in [-0.2, 0) is 22.6 Å². The first-order chi connectivity index (χ1) is 16.0. The van der Waals surface area contributed by atoms with Crippen molar-refractivity contribution in [3.63, 3.8) is 0 Å². The van der Waals surface area contributed by atoms with Gasteiger partial charge in [-0.05, 0) is 31.9 Å². The molecule has 4 rings (SSSR count). The molecule has 6 heteroatoms. The summed E-state index contributed by atoms with van der Waals surface area (Å²) in [6, 6.07) is 18.6.